The summed E-state index contributed by atoms with van der Waals surface area (Å²) in [7, 11) is 1.74. The Hall–Kier alpha value is -1.71. The molecule has 0 bridgehead atoms. The van der Waals surface area contributed by atoms with Crippen LogP contribution >= 0.6 is 23.2 Å². The molecule has 0 saturated heterocycles. The van der Waals surface area contributed by atoms with Crippen LogP contribution in [0.2, 0.25) is 10.0 Å². The van der Waals surface area contributed by atoms with E-state index in [1.165, 1.54) is 5.56 Å². The monoisotopic (exact) mass is 336 g/mol. The van der Waals surface area contributed by atoms with E-state index in [4.69, 9.17) is 23.2 Å². The molecule has 2 amide bonds. The maximum absolute atomic E-state index is 12.2. The number of anilines is 1. The lowest BCUT2D eigenvalue weighted by atomic mass is 10.1. The molecule has 2 rings (SSSR count). The van der Waals surface area contributed by atoms with Gasteiger partial charge < -0.3 is 10.2 Å². The van der Waals surface area contributed by atoms with Gasteiger partial charge in [0.25, 0.3) is 0 Å². The highest BCUT2D eigenvalue weighted by atomic mass is 35.5. The van der Waals surface area contributed by atoms with Crippen LogP contribution in [-0.2, 0) is 13.0 Å². The van der Waals surface area contributed by atoms with Gasteiger partial charge in [-0.1, -0.05) is 54.4 Å². The van der Waals surface area contributed by atoms with Gasteiger partial charge in [-0.05, 0) is 35.7 Å². The first-order valence-electron chi connectivity index (χ1n) is 7.04. The van der Waals surface area contributed by atoms with Crippen molar-refractivity contribution in [2.75, 3.05) is 12.4 Å². The Morgan fingerprint density at radius 2 is 1.73 bits per heavy atom. The summed E-state index contributed by atoms with van der Waals surface area (Å²) >= 11 is 11.9. The lowest BCUT2D eigenvalue weighted by molar-refractivity contribution is 0.220. The summed E-state index contributed by atoms with van der Waals surface area (Å²) in [6, 6.07) is 13.0. The van der Waals surface area contributed by atoms with E-state index in [1.54, 1.807) is 30.1 Å². The second-order valence-corrected chi connectivity index (χ2v) is 5.92. The van der Waals surface area contributed by atoms with Crippen LogP contribution in [0.3, 0.4) is 0 Å². The fourth-order valence-electron chi connectivity index (χ4n) is 2.03. The maximum atomic E-state index is 12.2. The van der Waals surface area contributed by atoms with Crippen LogP contribution in [-0.4, -0.2) is 18.0 Å². The highest BCUT2D eigenvalue weighted by molar-refractivity contribution is 6.36. The molecule has 3 nitrogen and oxygen atoms in total. The van der Waals surface area contributed by atoms with Crippen LogP contribution in [0.4, 0.5) is 10.5 Å². The summed E-state index contributed by atoms with van der Waals surface area (Å²) in [6.07, 6.45) is 1.01. The van der Waals surface area contributed by atoms with Gasteiger partial charge in [0.2, 0.25) is 0 Å². The number of carbonyl (C=O) groups is 1. The molecule has 0 aromatic heterocycles. The highest BCUT2D eigenvalue weighted by Gasteiger charge is 2.11. The van der Waals surface area contributed by atoms with Crippen molar-refractivity contribution in [1.29, 1.82) is 0 Å². The number of hydrogen-bond donors (Lipinski definition) is 1. The van der Waals surface area contributed by atoms with Crippen LogP contribution in [0.25, 0.3) is 0 Å². The fourth-order valence-corrected chi connectivity index (χ4v) is 2.48. The number of hydrogen-bond acceptors (Lipinski definition) is 1. The van der Waals surface area contributed by atoms with Gasteiger partial charge in [-0.25, -0.2) is 4.79 Å². The third-order valence-electron chi connectivity index (χ3n) is 3.37. The quantitative estimate of drug-likeness (QED) is 0.815. The van der Waals surface area contributed by atoms with Crippen LogP contribution in [0.5, 0.6) is 0 Å². The lowest BCUT2D eigenvalue weighted by Gasteiger charge is -2.19. The molecule has 0 unspecified atom stereocenters. The molecule has 5 heteroatoms. The van der Waals surface area contributed by atoms with Crippen LogP contribution in [0.15, 0.2) is 42.5 Å². The number of rotatable bonds is 4. The van der Waals surface area contributed by atoms with Crippen molar-refractivity contribution in [3.63, 3.8) is 0 Å². The van der Waals surface area contributed by atoms with Crippen molar-refractivity contribution in [2.45, 2.75) is 19.9 Å². The molecule has 0 radical (unpaired) electrons. The Morgan fingerprint density at radius 3 is 2.32 bits per heavy atom. The molecule has 0 aliphatic rings. The van der Waals surface area contributed by atoms with E-state index in [2.05, 4.69) is 24.4 Å². The largest absolute Gasteiger partial charge is 0.323 e. The first-order chi connectivity index (χ1) is 10.5. The van der Waals surface area contributed by atoms with Gasteiger partial charge in [0.05, 0.1) is 10.7 Å². The summed E-state index contributed by atoms with van der Waals surface area (Å²) in [5, 5.41) is 3.73. The van der Waals surface area contributed by atoms with E-state index >= 15 is 0 Å². The van der Waals surface area contributed by atoms with Crippen LogP contribution < -0.4 is 5.32 Å². The number of urea groups is 1. The normalized spacial score (nSPS) is 10.4. The molecule has 0 saturated carbocycles. The first-order valence-corrected chi connectivity index (χ1v) is 7.80. The Kier molecular flexibility index (Phi) is 5.69. The average Bonchev–Trinajstić information content (AvgIpc) is 2.50. The second kappa shape index (κ2) is 7.52. The van der Waals surface area contributed by atoms with E-state index in [9.17, 15) is 4.79 Å². The SMILES string of the molecule is CCc1ccc(CN(C)C(=O)Nc2ccc(Cl)cc2Cl)cc1. The minimum Gasteiger partial charge on any atom is -0.323 e. The van der Waals surface area contributed by atoms with Crippen molar-refractivity contribution in [3.8, 4) is 0 Å². The van der Waals surface area contributed by atoms with Crippen molar-refractivity contribution in [1.82, 2.24) is 4.90 Å². The molecule has 0 heterocycles. The Balaban J connectivity index is 1.99. The van der Waals surface area contributed by atoms with E-state index in [-0.39, 0.29) is 6.03 Å². The Morgan fingerprint density at radius 1 is 1.09 bits per heavy atom. The van der Waals surface area contributed by atoms with Crippen molar-refractivity contribution in [2.24, 2.45) is 0 Å². The van der Waals surface area contributed by atoms with E-state index < -0.39 is 0 Å². The molecule has 0 fully saturated rings. The number of amides is 2. The van der Waals surface area contributed by atoms with E-state index in [1.807, 2.05) is 12.1 Å². The van der Waals surface area contributed by atoms with Crippen molar-refractivity contribution >= 4 is 34.9 Å². The zero-order chi connectivity index (χ0) is 16.1. The van der Waals surface area contributed by atoms with E-state index in [0.29, 0.717) is 22.3 Å². The minimum atomic E-state index is -0.219. The lowest BCUT2D eigenvalue weighted by Crippen LogP contribution is -2.30. The summed E-state index contributed by atoms with van der Waals surface area (Å²) in [6.45, 7) is 2.64. The topological polar surface area (TPSA) is 32.3 Å². The molecule has 0 aliphatic heterocycles. The number of carbonyl (C=O) groups excluding carboxylic acids is 1. The molecule has 0 atom stereocenters. The summed E-state index contributed by atoms with van der Waals surface area (Å²) in [5.41, 5.74) is 2.91. The van der Waals surface area contributed by atoms with Gasteiger partial charge in [-0.2, -0.15) is 0 Å². The molecular weight excluding hydrogens is 319 g/mol. The van der Waals surface area contributed by atoms with Gasteiger partial charge in [-0.3, -0.25) is 0 Å². The molecule has 2 aromatic rings. The maximum Gasteiger partial charge on any atom is 0.321 e. The third-order valence-corrected chi connectivity index (χ3v) is 3.92. The summed E-state index contributed by atoms with van der Waals surface area (Å²) in [4.78, 5) is 13.8. The van der Waals surface area contributed by atoms with E-state index in [0.717, 1.165) is 12.0 Å². The molecule has 116 valence electrons. The predicted molar refractivity (Wildman–Crippen MR) is 92.8 cm³/mol. The smallest absolute Gasteiger partial charge is 0.321 e. The van der Waals surface area contributed by atoms with Gasteiger partial charge in [0.1, 0.15) is 0 Å². The third kappa shape index (κ3) is 4.39. The summed E-state index contributed by atoms with van der Waals surface area (Å²) in [5.74, 6) is 0. The first kappa shape index (κ1) is 16.7. The van der Waals surface area contributed by atoms with Crippen LogP contribution in [0.1, 0.15) is 18.1 Å². The van der Waals surface area contributed by atoms with Crippen molar-refractivity contribution < 1.29 is 4.79 Å². The second-order valence-electron chi connectivity index (χ2n) is 5.08. The molecular formula is C17H18Cl2N2O. The zero-order valence-corrected chi connectivity index (χ0v) is 14.1. The standard InChI is InChI=1S/C17H18Cl2N2O/c1-3-12-4-6-13(7-5-12)11-21(2)17(22)20-16-9-8-14(18)10-15(16)19/h4-10H,3,11H2,1-2H3,(H,20,22). The van der Waals surface area contributed by atoms with Gasteiger partial charge in [0.15, 0.2) is 0 Å². The van der Waals surface area contributed by atoms with Crippen LogP contribution in [0, 0.1) is 0 Å². The molecule has 0 aliphatic carbocycles. The molecule has 0 spiro atoms. The van der Waals surface area contributed by atoms with Crippen molar-refractivity contribution in [3.05, 3.63) is 63.6 Å². The number of halogens is 2. The fraction of sp³-hybridized carbons (Fsp3) is 0.235. The molecule has 1 N–H and O–H groups in total. The molecule has 22 heavy (non-hydrogen) atoms. The number of nitrogens with one attached hydrogen (secondary N) is 1. The molecule has 2 aromatic carbocycles. The predicted octanol–water partition coefficient (Wildman–Crippen LogP) is 5.22. The van der Waals surface area contributed by atoms with Gasteiger partial charge in [-0.15, -0.1) is 0 Å². The highest BCUT2D eigenvalue weighted by Crippen LogP contribution is 2.25. The number of aryl methyl sites for hydroxylation is 1. The number of nitrogens with zero attached hydrogens (tertiary/aromatic N) is 1. The number of benzene rings is 2. The zero-order valence-electron chi connectivity index (χ0n) is 12.6. The Labute approximate surface area is 140 Å². The average molecular weight is 337 g/mol. The Bertz CT molecular complexity index is 656. The van der Waals surface area contributed by atoms with Gasteiger partial charge >= 0.3 is 6.03 Å². The minimum absolute atomic E-state index is 0.219. The summed E-state index contributed by atoms with van der Waals surface area (Å²) < 4.78 is 0. The van der Waals surface area contributed by atoms with Gasteiger partial charge in [0, 0.05) is 18.6 Å².